The molecule has 0 bridgehead atoms. The number of anilines is 1. The summed E-state index contributed by atoms with van der Waals surface area (Å²) in [5, 5.41) is 5.76. The van der Waals surface area contributed by atoms with Gasteiger partial charge in [-0.2, -0.15) is 18.5 Å². The number of halogens is 1. The molecular weight excluding hydrogens is 579 g/mol. The number of carbonyl (C=O) groups excluding carboxylic acids is 1. The van der Waals surface area contributed by atoms with Crippen LogP contribution in [-0.2, 0) is 14.9 Å². The molecule has 3 aromatic rings. The first-order valence-electron chi connectivity index (χ1n) is 10.8. The third-order valence-electron chi connectivity index (χ3n) is 5.21. The van der Waals surface area contributed by atoms with Crippen LogP contribution < -0.4 is 13.9 Å². The number of amides is 1. The first-order valence-corrected chi connectivity index (χ1v) is 13.3. The van der Waals surface area contributed by atoms with E-state index in [1.54, 1.807) is 44.2 Å². The smallest absolute Gasteiger partial charge is 0.339 e. The summed E-state index contributed by atoms with van der Waals surface area (Å²) in [5.41, 5.74) is 3.29. The molecule has 0 aliphatic carbocycles. The maximum absolute atomic E-state index is 13.1. The van der Waals surface area contributed by atoms with Gasteiger partial charge in [-0.25, -0.2) is 0 Å². The molecule has 0 saturated heterocycles. The Balaban J connectivity index is 1.68. The molecule has 0 unspecified atom stereocenters. The highest BCUT2D eigenvalue weighted by molar-refractivity contribution is 14.1. The molecule has 0 saturated carbocycles. The lowest BCUT2D eigenvalue weighted by Crippen LogP contribution is -2.21. The zero-order chi connectivity index (χ0) is 25.2. The minimum Gasteiger partial charge on any atom is -0.490 e. The van der Waals surface area contributed by atoms with Gasteiger partial charge in [0.15, 0.2) is 11.5 Å². The molecule has 1 heterocycles. The summed E-state index contributed by atoms with van der Waals surface area (Å²) in [7, 11) is -4.06. The molecule has 0 spiro atoms. The van der Waals surface area contributed by atoms with Gasteiger partial charge in [0.1, 0.15) is 4.90 Å². The van der Waals surface area contributed by atoms with Crippen molar-refractivity contribution in [1.29, 1.82) is 0 Å². The molecule has 0 fully saturated rings. The number of para-hydroxylation sites is 1. The summed E-state index contributed by atoms with van der Waals surface area (Å²) in [4.78, 5) is 13.1. The van der Waals surface area contributed by atoms with Crippen molar-refractivity contribution in [3.63, 3.8) is 0 Å². The number of nitrogens with zero attached hydrogens (tertiary/aromatic N) is 2. The van der Waals surface area contributed by atoms with Crippen LogP contribution in [0.15, 0.2) is 82.3 Å². The lowest BCUT2D eigenvalue weighted by molar-refractivity contribution is -0.114. The first kappa shape index (κ1) is 24.9. The molecule has 0 radical (unpaired) electrons. The lowest BCUT2D eigenvalue weighted by Gasteiger charge is -2.15. The third kappa shape index (κ3) is 5.40. The highest BCUT2D eigenvalue weighted by Crippen LogP contribution is 2.37. The van der Waals surface area contributed by atoms with Crippen molar-refractivity contribution in [1.82, 2.24) is 0 Å². The number of rotatable bonds is 7. The third-order valence-corrected chi connectivity index (χ3v) is 7.25. The Morgan fingerprint density at radius 1 is 1.03 bits per heavy atom. The summed E-state index contributed by atoms with van der Waals surface area (Å²) in [6.45, 7) is 5.75. The zero-order valence-electron chi connectivity index (χ0n) is 19.4. The molecule has 0 N–H and O–H groups in total. The van der Waals surface area contributed by atoms with Crippen LogP contribution in [0.1, 0.15) is 25.0 Å². The van der Waals surface area contributed by atoms with E-state index in [1.807, 2.05) is 59.8 Å². The van der Waals surface area contributed by atoms with Crippen molar-refractivity contribution in [2.75, 3.05) is 11.6 Å². The van der Waals surface area contributed by atoms with Crippen LogP contribution in [0.4, 0.5) is 5.69 Å². The van der Waals surface area contributed by atoms with Crippen molar-refractivity contribution in [2.45, 2.75) is 25.7 Å². The van der Waals surface area contributed by atoms with Crippen LogP contribution in [0.2, 0.25) is 0 Å². The summed E-state index contributed by atoms with van der Waals surface area (Å²) in [5.74, 6) is 0.120. The number of hydrogen-bond acceptors (Lipinski definition) is 6. The van der Waals surface area contributed by atoms with Crippen LogP contribution in [0, 0.1) is 10.5 Å². The normalized spacial score (nSPS) is 14.9. The second-order valence-electron chi connectivity index (χ2n) is 7.81. The molecule has 0 atom stereocenters. The lowest BCUT2D eigenvalue weighted by atomic mass is 10.1. The highest BCUT2D eigenvalue weighted by atomic mass is 127. The van der Waals surface area contributed by atoms with E-state index in [1.165, 1.54) is 17.1 Å². The van der Waals surface area contributed by atoms with Crippen LogP contribution in [-0.4, -0.2) is 26.6 Å². The number of aryl methyl sites for hydroxylation is 1. The van der Waals surface area contributed by atoms with E-state index in [9.17, 15) is 13.2 Å². The minimum atomic E-state index is -4.06. The van der Waals surface area contributed by atoms with E-state index in [4.69, 9.17) is 8.92 Å². The quantitative estimate of drug-likeness (QED) is 0.201. The zero-order valence-corrected chi connectivity index (χ0v) is 22.3. The van der Waals surface area contributed by atoms with Crippen molar-refractivity contribution < 1.29 is 22.1 Å². The van der Waals surface area contributed by atoms with Gasteiger partial charge >= 0.3 is 10.1 Å². The Kier molecular flexibility index (Phi) is 7.27. The maximum atomic E-state index is 13.1. The Hall–Kier alpha value is -3.18. The SMILES string of the molecule is CCOc1cc(/C=C2/C(=O)N(c3ccccc3)N=C2C)cc(I)c1OS(=O)(=O)c1ccc(C)cc1. The number of benzene rings is 3. The summed E-state index contributed by atoms with van der Waals surface area (Å²) < 4.78 is 37.5. The fourth-order valence-electron chi connectivity index (χ4n) is 3.47. The average Bonchev–Trinajstić information content (AvgIpc) is 3.10. The topological polar surface area (TPSA) is 85.3 Å². The molecule has 4 rings (SSSR count). The Bertz CT molecular complexity index is 1430. The molecule has 9 heteroatoms. The Morgan fingerprint density at radius 2 is 1.71 bits per heavy atom. The van der Waals surface area contributed by atoms with Crippen molar-refractivity contribution in [2.24, 2.45) is 5.10 Å². The summed E-state index contributed by atoms with van der Waals surface area (Å²) >= 11 is 2.00. The van der Waals surface area contributed by atoms with Crippen molar-refractivity contribution in [3.8, 4) is 11.5 Å². The monoisotopic (exact) mass is 602 g/mol. The van der Waals surface area contributed by atoms with E-state index in [-0.39, 0.29) is 22.3 Å². The van der Waals surface area contributed by atoms with E-state index in [0.717, 1.165) is 5.56 Å². The molecular formula is C26H23IN2O5S. The molecule has 7 nitrogen and oxygen atoms in total. The predicted molar refractivity (Wildman–Crippen MR) is 144 cm³/mol. The van der Waals surface area contributed by atoms with Crippen LogP contribution in [0.3, 0.4) is 0 Å². The number of hydrazone groups is 1. The van der Waals surface area contributed by atoms with Gasteiger partial charge in [-0.05, 0) is 91.4 Å². The molecule has 1 aliphatic heterocycles. The number of hydrogen-bond donors (Lipinski definition) is 0. The van der Waals surface area contributed by atoms with Gasteiger partial charge in [-0.15, -0.1) is 0 Å². The van der Waals surface area contributed by atoms with Gasteiger partial charge < -0.3 is 8.92 Å². The molecule has 35 heavy (non-hydrogen) atoms. The van der Waals surface area contributed by atoms with Crippen molar-refractivity contribution in [3.05, 3.63) is 87.0 Å². The highest BCUT2D eigenvalue weighted by Gasteiger charge is 2.29. The van der Waals surface area contributed by atoms with Gasteiger partial charge in [0.05, 0.1) is 27.1 Å². The first-order chi connectivity index (χ1) is 16.7. The van der Waals surface area contributed by atoms with Gasteiger partial charge in [-0.3, -0.25) is 4.79 Å². The summed E-state index contributed by atoms with van der Waals surface area (Å²) in [6.07, 6.45) is 1.72. The average molecular weight is 602 g/mol. The van der Waals surface area contributed by atoms with Crippen LogP contribution in [0.25, 0.3) is 6.08 Å². The largest absolute Gasteiger partial charge is 0.490 e. The molecule has 180 valence electrons. The predicted octanol–water partition coefficient (Wildman–Crippen LogP) is 5.57. The molecule has 1 aliphatic rings. The summed E-state index contributed by atoms with van der Waals surface area (Å²) in [6, 6.07) is 19.0. The fraction of sp³-hybridized carbons (Fsp3) is 0.154. The number of ether oxygens (including phenoxy) is 1. The fourth-order valence-corrected chi connectivity index (χ4v) is 5.31. The van der Waals surface area contributed by atoms with Gasteiger partial charge in [0.25, 0.3) is 5.91 Å². The van der Waals surface area contributed by atoms with Gasteiger partial charge in [0, 0.05) is 0 Å². The molecule has 1 amide bonds. The Labute approximate surface area is 218 Å². The Morgan fingerprint density at radius 3 is 2.37 bits per heavy atom. The second-order valence-corrected chi connectivity index (χ2v) is 10.5. The van der Waals surface area contributed by atoms with E-state index in [0.29, 0.717) is 32.7 Å². The maximum Gasteiger partial charge on any atom is 0.339 e. The van der Waals surface area contributed by atoms with Gasteiger partial charge in [-0.1, -0.05) is 35.9 Å². The minimum absolute atomic E-state index is 0.0527. The van der Waals surface area contributed by atoms with E-state index < -0.39 is 10.1 Å². The van der Waals surface area contributed by atoms with E-state index >= 15 is 0 Å². The van der Waals surface area contributed by atoms with Gasteiger partial charge in [0.2, 0.25) is 0 Å². The number of carbonyl (C=O) groups is 1. The molecule has 3 aromatic carbocycles. The molecule has 0 aromatic heterocycles. The second kappa shape index (κ2) is 10.2. The van der Waals surface area contributed by atoms with Crippen LogP contribution >= 0.6 is 22.6 Å². The standard InChI is InChI=1S/C26H23IN2O5S/c1-4-33-24-16-19(14-22-18(3)28-29(26(22)30)20-8-6-5-7-9-20)15-23(27)25(24)34-35(31,32)21-12-10-17(2)11-13-21/h5-16H,4H2,1-3H3/b22-14+. The van der Waals surface area contributed by atoms with Crippen LogP contribution in [0.5, 0.6) is 11.5 Å². The van der Waals surface area contributed by atoms with Crippen molar-refractivity contribution >= 4 is 56.1 Å². The van der Waals surface area contributed by atoms with E-state index in [2.05, 4.69) is 5.10 Å².